The van der Waals surface area contributed by atoms with Crippen LogP contribution in [0.3, 0.4) is 0 Å². The van der Waals surface area contributed by atoms with Crippen molar-refractivity contribution < 1.29 is 9.72 Å². The third-order valence-corrected chi connectivity index (χ3v) is 3.65. The summed E-state index contributed by atoms with van der Waals surface area (Å²) in [7, 11) is 0. The lowest BCUT2D eigenvalue weighted by atomic mass is 10.1. The number of aldehydes is 1. The van der Waals surface area contributed by atoms with Crippen LogP contribution in [0.15, 0.2) is 24.3 Å². The summed E-state index contributed by atoms with van der Waals surface area (Å²) in [5.41, 5.74) is 0. The maximum absolute atomic E-state index is 11.0. The van der Waals surface area contributed by atoms with Crippen molar-refractivity contribution in [3.8, 4) is 0 Å². The smallest absolute Gasteiger partial charge is 0.231 e. The standard InChI is InChI=1S/C18H31NO3/c1-2-3-4-5-6-9-12-15-18(19(21)22)16-13-10-7-8-11-14-17-20/h6,9,12,15,17-18H,2-5,7-8,10-11,13-14,16H2,1H3/b9-6-,15-12+. The van der Waals surface area contributed by atoms with Crippen LogP contribution < -0.4 is 0 Å². The lowest BCUT2D eigenvalue weighted by Gasteiger charge is -2.04. The molecular formula is C18H31NO3. The molecule has 0 aromatic heterocycles. The fraction of sp³-hybridized carbons (Fsp3) is 0.722. The molecule has 1 unspecified atom stereocenters. The van der Waals surface area contributed by atoms with Gasteiger partial charge in [0.1, 0.15) is 6.29 Å². The highest BCUT2D eigenvalue weighted by Gasteiger charge is 2.14. The van der Waals surface area contributed by atoms with Gasteiger partial charge in [-0.3, -0.25) is 10.1 Å². The van der Waals surface area contributed by atoms with Crippen LogP contribution in [-0.2, 0) is 4.79 Å². The summed E-state index contributed by atoms with van der Waals surface area (Å²) in [5, 5.41) is 11.0. The molecule has 0 N–H and O–H groups in total. The average molecular weight is 309 g/mol. The quantitative estimate of drug-likeness (QED) is 0.136. The minimum atomic E-state index is -0.574. The second kappa shape index (κ2) is 15.9. The van der Waals surface area contributed by atoms with Crippen LogP contribution in [0.1, 0.15) is 77.6 Å². The number of carbonyl (C=O) groups is 1. The van der Waals surface area contributed by atoms with Crippen LogP contribution in [0.5, 0.6) is 0 Å². The van der Waals surface area contributed by atoms with Gasteiger partial charge >= 0.3 is 0 Å². The zero-order valence-electron chi connectivity index (χ0n) is 13.9. The lowest BCUT2D eigenvalue weighted by Crippen LogP contribution is -2.16. The van der Waals surface area contributed by atoms with Gasteiger partial charge in [-0.15, -0.1) is 0 Å². The topological polar surface area (TPSA) is 60.2 Å². The van der Waals surface area contributed by atoms with E-state index >= 15 is 0 Å². The zero-order chi connectivity index (χ0) is 16.5. The lowest BCUT2D eigenvalue weighted by molar-refractivity contribution is -0.510. The Morgan fingerprint density at radius 3 is 2.32 bits per heavy atom. The molecule has 22 heavy (non-hydrogen) atoms. The Kier molecular flexibility index (Phi) is 14.9. The number of hydrogen-bond donors (Lipinski definition) is 0. The zero-order valence-corrected chi connectivity index (χ0v) is 13.9. The van der Waals surface area contributed by atoms with Gasteiger partial charge in [0, 0.05) is 17.8 Å². The van der Waals surface area contributed by atoms with E-state index in [1.54, 1.807) is 6.08 Å². The fourth-order valence-electron chi connectivity index (χ4n) is 2.26. The molecule has 0 heterocycles. The maximum Gasteiger partial charge on any atom is 0.231 e. The van der Waals surface area contributed by atoms with Gasteiger partial charge in [0.05, 0.1) is 0 Å². The van der Waals surface area contributed by atoms with Crippen molar-refractivity contribution in [1.29, 1.82) is 0 Å². The van der Waals surface area contributed by atoms with Crippen molar-refractivity contribution in [3.05, 3.63) is 34.4 Å². The first-order chi connectivity index (χ1) is 10.7. The number of allylic oxidation sites excluding steroid dienone is 3. The van der Waals surface area contributed by atoms with Crippen LogP contribution in [0, 0.1) is 10.1 Å². The largest absolute Gasteiger partial charge is 0.303 e. The summed E-state index contributed by atoms with van der Waals surface area (Å²) in [4.78, 5) is 21.0. The molecule has 0 amide bonds. The first kappa shape index (κ1) is 20.6. The van der Waals surface area contributed by atoms with E-state index in [1.807, 2.05) is 12.2 Å². The van der Waals surface area contributed by atoms with Crippen molar-refractivity contribution in [3.63, 3.8) is 0 Å². The molecule has 0 fully saturated rings. The second-order valence-electron chi connectivity index (χ2n) is 5.67. The van der Waals surface area contributed by atoms with Gasteiger partial charge in [-0.1, -0.05) is 57.3 Å². The summed E-state index contributed by atoms with van der Waals surface area (Å²) in [6, 6.07) is -0.574. The molecule has 0 aliphatic carbocycles. The molecule has 4 nitrogen and oxygen atoms in total. The van der Waals surface area contributed by atoms with Crippen molar-refractivity contribution in [1.82, 2.24) is 0 Å². The third-order valence-electron chi connectivity index (χ3n) is 3.65. The Morgan fingerprint density at radius 2 is 1.64 bits per heavy atom. The molecule has 0 radical (unpaired) electrons. The fourth-order valence-corrected chi connectivity index (χ4v) is 2.26. The Balaban J connectivity index is 3.81. The molecule has 0 aromatic carbocycles. The molecular weight excluding hydrogens is 278 g/mol. The van der Waals surface area contributed by atoms with Gasteiger partial charge in [0.15, 0.2) is 0 Å². The predicted octanol–water partition coefficient (Wildman–Crippen LogP) is 5.25. The van der Waals surface area contributed by atoms with E-state index in [-0.39, 0.29) is 4.92 Å². The van der Waals surface area contributed by atoms with E-state index < -0.39 is 6.04 Å². The molecule has 0 saturated carbocycles. The van der Waals surface area contributed by atoms with Gasteiger partial charge in [-0.25, -0.2) is 0 Å². The molecule has 4 heteroatoms. The summed E-state index contributed by atoms with van der Waals surface area (Å²) < 4.78 is 0. The van der Waals surface area contributed by atoms with Gasteiger partial charge in [-0.2, -0.15) is 0 Å². The highest BCUT2D eigenvalue weighted by Crippen LogP contribution is 2.11. The van der Waals surface area contributed by atoms with E-state index in [0.29, 0.717) is 12.8 Å². The molecule has 0 aliphatic heterocycles. The van der Waals surface area contributed by atoms with E-state index in [1.165, 1.54) is 19.3 Å². The average Bonchev–Trinajstić information content (AvgIpc) is 2.50. The first-order valence-electron chi connectivity index (χ1n) is 8.62. The van der Waals surface area contributed by atoms with Gasteiger partial charge in [-0.05, 0) is 31.8 Å². The third kappa shape index (κ3) is 13.5. The SMILES string of the molecule is CCCCC/C=C\C=C\C(CCCCCCCC=O)[N+](=O)[O-]. The minimum Gasteiger partial charge on any atom is -0.303 e. The number of nitrogens with zero attached hydrogens (tertiary/aromatic N) is 1. The Morgan fingerprint density at radius 1 is 0.955 bits per heavy atom. The van der Waals surface area contributed by atoms with Crippen LogP contribution in [0.25, 0.3) is 0 Å². The predicted molar refractivity (Wildman–Crippen MR) is 91.6 cm³/mol. The number of hydrogen-bond acceptors (Lipinski definition) is 3. The molecule has 0 rings (SSSR count). The van der Waals surface area contributed by atoms with E-state index in [9.17, 15) is 14.9 Å². The van der Waals surface area contributed by atoms with Crippen molar-refractivity contribution >= 4 is 6.29 Å². The highest BCUT2D eigenvalue weighted by atomic mass is 16.6. The summed E-state index contributed by atoms with van der Waals surface area (Å²) in [6.45, 7) is 2.17. The molecule has 0 bridgehead atoms. The summed E-state index contributed by atoms with van der Waals surface area (Å²) in [6.07, 6.45) is 19.3. The van der Waals surface area contributed by atoms with Crippen LogP contribution in [0.2, 0.25) is 0 Å². The van der Waals surface area contributed by atoms with E-state index in [0.717, 1.165) is 44.8 Å². The van der Waals surface area contributed by atoms with Crippen LogP contribution >= 0.6 is 0 Å². The second-order valence-corrected chi connectivity index (χ2v) is 5.67. The molecule has 0 aromatic rings. The monoisotopic (exact) mass is 309 g/mol. The number of carbonyl (C=O) groups excluding carboxylic acids is 1. The van der Waals surface area contributed by atoms with Crippen molar-refractivity contribution in [2.24, 2.45) is 0 Å². The molecule has 126 valence electrons. The van der Waals surface area contributed by atoms with Crippen LogP contribution in [-0.4, -0.2) is 17.3 Å². The number of nitro groups is 1. The molecule has 0 saturated heterocycles. The normalized spacial score (nSPS) is 13.0. The Labute approximate surface area is 134 Å². The van der Waals surface area contributed by atoms with Crippen molar-refractivity contribution in [2.45, 2.75) is 83.6 Å². The van der Waals surface area contributed by atoms with Gasteiger partial charge in [0.2, 0.25) is 6.04 Å². The van der Waals surface area contributed by atoms with E-state index in [4.69, 9.17) is 0 Å². The van der Waals surface area contributed by atoms with Crippen molar-refractivity contribution in [2.75, 3.05) is 0 Å². The first-order valence-corrected chi connectivity index (χ1v) is 8.62. The molecule has 1 atom stereocenters. The summed E-state index contributed by atoms with van der Waals surface area (Å²) in [5.74, 6) is 0. The number of rotatable bonds is 15. The molecule has 0 aliphatic rings. The van der Waals surface area contributed by atoms with E-state index in [2.05, 4.69) is 13.0 Å². The van der Waals surface area contributed by atoms with Gasteiger partial charge < -0.3 is 4.79 Å². The van der Waals surface area contributed by atoms with Crippen LogP contribution in [0.4, 0.5) is 0 Å². The Hall–Kier alpha value is -1.45. The molecule has 0 spiro atoms. The highest BCUT2D eigenvalue weighted by molar-refractivity contribution is 5.48. The minimum absolute atomic E-state index is 0.201. The Bertz CT molecular complexity index is 337. The maximum atomic E-state index is 11.0. The summed E-state index contributed by atoms with van der Waals surface area (Å²) >= 11 is 0. The van der Waals surface area contributed by atoms with Gasteiger partial charge in [0.25, 0.3) is 0 Å². The number of unbranched alkanes of at least 4 members (excludes halogenated alkanes) is 8.